The standard InChI is InChI=1S/C16H10ClFN4S/c17-12-5-1-10(2-6-12)14-9-23-16-20-19-15(22(16)21-14)11-3-7-13(18)8-4-11/h1-8H,9H2. The largest absolute Gasteiger partial charge is 0.212 e. The topological polar surface area (TPSA) is 43.1 Å². The van der Waals surface area contributed by atoms with Crippen LogP contribution in [0.15, 0.2) is 58.8 Å². The Morgan fingerprint density at radius 3 is 2.39 bits per heavy atom. The fourth-order valence-electron chi connectivity index (χ4n) is 2.29. The van der Waals surface area contributed by atoms with Crippen molar-refractivity contribution in [1.82, 2.24) is 14.9 Å². The monoisotopic (exact) mass is 344 g/mol. The molecule has 0 bridgehead atoms. The smallest absolute Gasteiger partial charge is 0.207 e. The van der Waals surface area contributed by atoms with Crippen LogP contribution in [-0.2, 0) is 0 Å². The van der Waals surface area contributed by atoms with E-state index in [-0.39, 0.29) is 5.82 Å². The van der Waals surface area contributed by atoms with Crippen LogP contribution < -0.4 is 0 Å². The minimum atomic E-state index is -0.285. The predicted molar refractivity (Wildman–Crippen MR) is 89.5 cm³/mol. The van der Waals surface area contributed by atoms with Gasteiger partial charge in [-0.3, -0.25) is 0 Å². The van der Waals surface area contributed by atoms with E-state index in [2.05, 4.69) is 15.3 Å². The SMILES string of the molecule is Fc1ccc(-c2nnc3n2N=C(c2ccc(Cl)cc2)CS3)cc1. The molecule has 23 heavy (non-hydrogen) atoms. The van der Waals surface area contributed by atoms with Crippen molar-refractivity contribution in [3.63, 3.8) is 0 Å². The van der Waals surface area contributed by atoms with Crippen molar-refractivity contribution in [3.05, 3.63) is 64.9 Å². The molecule has 0 fully saturated rings. The Balaban J connectivity index is 1.77. The average molecular weight is 345 g/mol. The molecular formula is C16H10ClFN4S. The van der Waals surface area contributed by atoms with Gasteiger partial charge in [0.05, 0.1) is 5.71 Å². The van der Waals surface area contributed by atoms with Crippen molar-refractivity contribution in [2.24, 2.45) is 5.10 Å². The molecule has 0 unspecified atom stereocenters. The van der Waals surface area contributed by atoms with Gasteiger partial charge in [0.2, 0.25) is 5.16 Å². The van der Waals surface area contributed by atoms with Crippen LogP contribution in [0, 0.1) is 5.82 Å². The highest BCUT2D eigenvalue weighted by Crippen LogP contribution is 2.28. The minimum Gasteiger partial charge on any atom is -0.207 e. The lowest BCUT2D eigenvalue weighted by Gasteiger charge is -2.14. The van der Waals surface area contributed by atoms with Crippen LogP contribution in [0.1, 0.15) is 5.56 Å². The van der Waals surface area contributed by atoms with Gasteiger partial charge in [0.25, 0.3) is 0 Å². The number of rotatable bonds is 2. The molecular weight excluding hydrogens is 335 g/mol. The lowest BCUT2D eigenvalue weighted by atomic mass is 10.1. The summed E-state index contributed by atoms with van der Waals surface area (Å²) in [6.07, 6.45) is 0. The van der Waals surface area contributed by atoms with Gasteiger partial charge in [0.15, 0.2) is 5.82 Å². The Labute approximate surface area is 141 Å². The molecule has 114 valence electrons. The first-order valence-corrected chi connectivity index (χ1v) is 8.25. The van der Waals surface area contributed by atoms with E-state index in [1.807, 2.05) is 24.3 Å². The molecule has 0 amide bonds. The zero-order valence-corrected chi connectivity index (χ0v) is 13.4. The molecule has 4 rings (SSSR count). The van der Waals surface area contributed by atoms with Crippen molar-refractivity contribution >= 4 is 29.1 Å². The number of fused-ring (bicyclic) bond motifs is 1. The van der Waals surface area contributed by atoms with Gasteiger partial charge >= 0.3 is 0 Å². The second kappa shape index (κ2) is 5.79. The van der Waals surface area contributed by atoms with E-state index in [9.17, 15) is 4.39 Å². The molecule has 0 atom stereocenters. The highest BCUT2D eigenvalue weighted by Gasteiger charge is 2.20. The molecule has 4 nitrogen and oxygen atoms in total. The van der Waals surface area contributed by atoms with Gasteiger partial charge in [-0.05, 0) is 42.0 Å². The number of halogens is 2. The first-order chi connectivity index (χ1) is 11.2. The van der Waals surface area contributed by atoms with Crippen LogP contribution in [0.2, 0.25) is 5.02 Å². The molecule has 0 saturated heterocycles. The van der Waals surface area contributed by atoms with E-state index >= 15 is 0 Å². The Morgan fingerprint density at radius 1 is 0.957 bits per heavy atom. The summed E-state index contributed by atoms with van der Waals surface area (Å²) >= 11 is 7.50. The van der Waals surface area contributed by atoms with Gasteiger partial charge in [0, 0.05) is 16.3 Å². The molecule has 1 aliphatic rings. The van der Waals surface area contributed by atoms with Crippen molar-refractivity contribution in [2.75, 3.05) is 5.75 Å². The van der Waals surface area contributed by atoms with E-state index in [1.165, 1.54) is 12.1 Å². The molecule has 0 spiro atoms. The molecule has 7 heteroatoms. The average Bonchev–Trinajstić information content (AvgIpc) is 2.99. The zero-order valence-electron chi connectivity index (χ0n) is 11.8. The van der Waals surface area contributed by atoms with Crippen molar-refractivity contribution in [1.29, 1.82) is 0 Å². The number of aromatic nitrogens is 3. The first-order valence-electron chi connectivity index (χ1n) is 6.89. The van der Waals surface area contributed by atoms with Gasteiger partial charge in [-0.2, -0.15) is 9.78 Å². The Bertz CT molecular complexity index is 887. The third-order valence-corrected chi connectivity index (χ3v) is 4.63. The van der Waals surface area contributed by atoms with Crippen LogP contribution in [0.4, 0.5) is 4.39 Å². The zero-order chi connectivity index (χ0) is 15.8. The second-order valence-corrected chi connectivity index (χ2v) is 6.35. The summed E-state index contributed by atoms with van der Waals surface area (Å²) in [5.74, 6) is 1.02. The third-order valence-electron chi connectivity index (χ3n) is 3.45. The lowest BCUT2D eigenvalue weighted by Crippen LogP contribution is -2.13. The fourth-order valence-corrected chi connectivity index (χ4v) is 3.25. The number of benzene rings is 2. The number of hydrogen-bond acceptors (Lipinski definition) is 4. The Hall–Kier alpha value is -2.18. The molecule has 0 aliphatic carbocycles. The maximum atomic E-state index is 13.1. The normalized spacial score (nSPS) is 13.6. The molecule has 0 saturated carbocycles. The van der Waals surface area contributed by atoms with Crippen LogP contribution in [-0.4, -0.2) is 26.3 Å². The van der Waals surface area contributed by atoms with E-state index in [1.54, 1.807) is 28.6 Å². The Morgan fingerprint density at radius 2 is 1.65 bits per heavy atom. The molecule has 3 aromatic rings. The summed E-state index contributed by atoms with van der Waals surface area (Å²) in [6.45, 7) is 0. The van der Waals surface area contributed by atoms with Gasteiger partial charge in [0.1, 0.15) is 5.82 Å². The second-order valence-electron chi connectivity index (χ2n) is 4.97. The molecule has 1 aromatic heterocycles. The number of thioether (sulfide) groups is 1. The van der Waals surface area contributed by atoms with E-state index < -0.39 is 0 Å². The van der Waals surface area contributed by atoms with E-state index in [0.717, 1.165) is 22.0 Å². The van der Waals surface area contributed by atoms with Crippen molar-refractivity contribution in [3.8, 4) is 11.4 Å². The fraction of sp³-hybridized carbons (Fsp3) is 0.0625. The van der Waals surface area contributed by atoms with E-state index in [0.29, 0.717) is 16.6 Å². The van der Waals surface area contributed by atoms with Crippen LogP contribution in [0.3, 0.4) is 0 Å². The highest BCUT2D eigenvalue weighted by atomic mass is 35.5. The minimum absolute atomic E-state index is 0.285. The van der Waals surface area contributed by atoms with Gasteiger partial charge in [-0.15, -0.1) is 10.2 Å². The lowest BCUT2D eigenvalue weighted by molar-refractivity contribution is 0.628. The summed E-state index contributed by atoms with van der Waals surface area (Å²) in [5, 5.41) is 14.4. The summed E-state index contributed by atoms with van der Waals surface area (Å²) in [7, 11) is 0. The number of hydrogen-bond donors (Lipinski definition) is 0. The van der Waals surface area contributed by atoms with E-state index in [4.69, 9.17) is 11.6 Å². The highest BCUT2D eigenvalue weighted by molar-refractivity contribution is 7.99. The molecule has 2 aromatic carbocycles. The van der Waals surface area contributed by atoms with Crippen LogP contribution in [0.5, 0.6) is 0 Å². The maximum Gasteiger partial charge on any atom is 0.212 e. The van der Waals surface area contributed by atoms with Crippen LogP contribution >= 0.6 is 23.4 Å². The summed E-state index contributed by atoms with van der Waals surface area (Å²) in [5.41, 5.74) is 2.69. The Kier molecular flexibility index (Phi) is 3.63. The predicted octanol–water partition coefficient (Wildman–Crippen LogP) is 4.10. The van der Waals surface area contributed by atoms with Crippen LogP contribution in [0.25, 0.3) is 11.4 Å². The first kappa shape index (κ1) is 14.4. The summed E-state index contributed by atoms with van der Waals surface area (Å²) < 4.78 is 14.8. The quantitative estimate of drug-likeness (QED) is 0.703. The van der Waals surface area contributed by atoms with Gasteiger partial charge in [-0.1, -0.05) is 35.5 Å². The molecule has 0 N–H and O–H groups in total. The molecule has 2 heterocycles. The van der Waals surface area contributed by atoms with Gasteiger partial charge < -0.3 is 0 Å². The molecule has 1 aliphatic heterocycles. The summed E-state index contributed by atoms with van der Waals surface area (Å²) in [6, 6.07) is 13.7. The molecule has 0 radical (unpaired) electrons. The van der Waals surface area contributed by atoms with Crippen molar-refractivity contribution < 1.29 is 4.39 Å². The number of nitrogens with zero attached hydrogens (tertiary/aromatic N) is 4. The summed E-state index contributed by atoms with van der Waals surface area (Å²) in [4.78, 5) is 0. The van der Waals surface area contributed by atoms with Crippen molar-refractivity contribution in [2.45, 2.75) is 5.16 Å². The maximum absolute atomic E-state index is 13.1. The van der Waals surface area contributed by atoms with Gasteiger partial charge in [-0.25, -0.2) is 4.39 Å². The third kappa shape index (κ3) is 2.75.